The highest BCUT2D eigenvalue weighted by molar-refractivity contribution is 5.91. The second-order valence-corrected chi connectivity index (χ2v) is 2.96. The molecule has 0 spiro atoms. The van der Waals surface area contributed by atoms with Gasteiger partial charge in [-0.3, -0.25) is 0 Å². The Morgan fingerprint density at radius 1 is 1.31 bits per heavy atom. The van der Waals surface area contributed by atoms with Gasteiger partial charge in [-0.05, 0) is 18.2 Å². The highest BCUT2D eigenvalue weighted by Gasteiger charge is 2.18. The van der Waals surface area contributed by atoms with E-state index in [9.17, 15) is 13.6 Å². The summed E-state index contributed by atoms with van der Waals surface area (Å²) in [5, 5.41) is 8.74. The molecule has 0 radical (unpaired) electrons. The minimum atomic E-state index is -1.32. The van der Waals surface area contributed by atoms with Gasteiger partial charge in [0.05, 0.1) is 0 Å². The Hall–Kier alpha value is -2.24. The van der Waals surface area contributed by atoms with E-state index in [0.29, 0.717) is 0 Å². The molecule has 1 aromatic carbocycles. The van der Waals surface area contributed by atoms with Gasteiger partial charge in [0.1, 0.15) is 5.69 Å². The van der Waals surface area contributed by atoms with E-state index < -0.39 is 23.4 Å². The molecule has 0 saturated heterocycles. The van der Waals surface area contributed by atoms with Crippen LogP contribution in [0, 0.1) is 11.6 Å². The standard InChI is InChI=1S/C10H5F2NO3/c11-6-2-1-5(3-7(6)12)8-9(10(14)15)16-4-13-8/h1-4H,(H,14,15). The summed E-state index contributed by atoms with van der Waals surface area (Å²) in [7, 11) is 0. The third kappa shape index (κ3) is 1.65. The number of aromatic nitrogens is 1. The molecule has 4 nitrogen and oxygen atoms in total. The number of carbonyl (C=O) groups is 1. The van der Waals surface area contributed by atoms with Gasteiger partial charge in [-0.25, -0.2) is 18.6 Å². The van der Waals surface area contributed by atoms with E-state index in [1.807, 2.05) is 0 Å². The van der Waals surface area contributed by atoms with Crippen LogP contribution in [0.3, 0.4) is 0 Å². The normalized spacial score (nSPS) is 10.4. The number of carboxylic acids is 1. The number of oxazole rings is 1. The Morgan fingerprint density at radius 2 is 2.06 bits per heavy atom. The van der Waals surface area contributed by atoms with Crippen molar-refractivity contribution in [1.82, 2.24) is 4.98 Å². The first-order valence-corrected chi connectivity index (χ1v) is 4.22. The Balaban J connectivity index is 2.54. The second kappa shape index (κ2) is 3.73. The van der Waals surface area contributed by atoms with Crippen molar-refractivity contribution in [3.63, 3.8) is 0 Å². The summed E-state index contributed by atoms with van der Waals surface area (Å²) in [5.74, 6) is -3.82. The van der Waals surface area contributed by atoms with Crippen LogP contribution < -0.4 is 0 Å². The van der Waals surface area contributed by atoms with Crippen LogP contribution in [0.5, 0.6) is 0 Å². The monoisotopic (exact) mass is 225 g/mol. The lowest BCUT2D eigenvalue weighted by molar-refractivity contribution is 0.0663. The van der Waals surface area contributed by atoms with Crippen molar-refractivity contribution in [1.29, 1.82) is 0 Å². The number of hydrogen-bond acceptors (Lipinski definition) is 3. The molecule has 16 heavy (non-hydrogen) atoms. The molecule has 1 heterocycles. The van der Waals surface area contributed by atoms with Crippen LogP contribution in [0.15, 0.2) is 29.0 Å². The number of carboxylic acid groups (broad SMARTS) is 1. The fourth-order valence-electron chi connectivity index (χ4n) is 1.25. The topological polar surface area (TPSA) is 63.3 Å². The Morgan fingerprint density at radius 3 is 2.69 bits per heavy atom. The first-order valence-electron chi connectivity index (χ1n) is 4.22. The number of nitrogens with zero attached hydrogens (tertiary/aromatic N) is 1. The summed E-state index contributed by atoms with van der Waals surface area (Å²) in [6.07, 6.45) is 0.931. The largest absolute Gasteiger partial charge is 0.475 e. The number of halogens is 2. The molecule has 0 bridgehead atoms. The Kier molecular flexibility index (Phi) is 2.40. The number of hydrogen-bond donors (Lipinski definition) is 1. The summed E-state index contributed by atoms with van der Waals surface area (Å²) >= 11 is 0. The van der Waals surface area contributed by atoms with Gasteiger partial charge in [-0.1, -0.05) is 0 Å². The molecule has 2 aromatic rings. The van der Waals surface area contributed by atoms with Crippen molar-refractivity contribution < 1.29 is 23.1 Å². The van der Waals surface area contributed by atoms with Crippen molar-refractivity contribution in [2.24, 2.45) is 0 Å². The van der Waals surface area contributed by atoms with Gasteiger partial charge in [0.2, 0.25) is 5.76 Å². The van der Waals surface area contributed by atoms with Crippen LogP contribution in [0.25, 0.3) is 11.3 Å². The quantitative estimate of drug-likeness (QED) is 0.851. The lowest BCUT2D eigenvalue weighted by atomic mass is 10.1. The second-order valence-electron chi connectivity index (χ2n) is 2.96. The van der Waals surface area contributed by atoms with E-state index >= 15 is 0 Å². The van der Waals surface area contributed by atoms with Crippen LogP contribution in [0.1, 0.15) is 10.6 Å². The molecule has 0 unspecified atom stereocenters. The SMILES string of the molecule is O=C(O)c1ocnc1-c1ccc(F)c(F)c1. The predicted octanol–water partition coefficient (Wildman–Crippen LogP) is 2.32. The van der Waals surface area contributed by atoms with Crippen molar-refractivity contribution in [3.8, 4) is 11.3 Å². The molecule has 0 saturated carbocycles. The van der Waals surface area contributed by atoms with Crippen molar-refractivity contribution in [2.45, 2.75) is 0 Å². The van der Waals surface area contributed by atoms with Gasteiger partial charge >= 0.3 is 5.97 Å². The van der Waals surface area contributed by atoms with E-state index in [2.05, 4.69) is 9.40 Å². The molecule has 6 heteroatoms. The van der Waals surface area contributed by atoms with E-state index in [1.54, 1.807) is 0 Å². The molecular weight excluding hydrogens is 220 g/mol. The highest BCUT2D eigenvalue weighted by Crippen LogP contribution is 2.23. The average molecular weight is 225 g/mol. The van der Waals surface area contributed by atoms with Crippen LogP contribution >= 0.6 is 0 Å². The third-order valence-corrected chi connectivity index (χ3v) is 1.95. The summed E-state index contributed by atoms with van der Waals surface area (Å²) < 4.78 is 30.2. The molecular formula is C10H5F2NO3. The summed E-state index contributed by atoms with van der Waals surface area (Å²) in [6.45, 7) is 0. The lowest BCUT2D eigenvalue weighted by Gasteiger charge is -1.98. The summed E-state index contributed by atoms with van der Waals surface area (Å²) in [6, 6.07) is 2.98. The predicted molar refractivity (Wildman–Crippen MR) is 48.8 cm³/mol. The maximum Gasteiger partial charge on any atom is 0.374 e. The summed E-state index contributed by atoms with van der Waals surface area (Å²) in [5.41, 5.74) is 0.108. The molecule has 0 atom stereocenters. The van der Waals surface area contributed by atoms with Crippen LogP contribution in [0.4, 0.5) is 8.78 Å². The fraction of sp³-hybridized carbons (Fsp3) is 0. The zero-order valence-electron chi connectivity index (χ0n) is 7.78. The van der Waals surface area contributed by atoms with Gasteiger partial charge in [0.15, 0.2) is 18.0 Å². The first kappa shape index (κ1) is 10.3. The zero-order chi connectivity index (χ0) is 11.7. The molecule has 82 valence electrons. The fourth-order valence-corrected chi connectivity index (χ4v) is 1.25. The Bertz CT molecular complexity index is 551. The Labute approximate surface area is 88.2 Å². The third-order valence-electron chi connectivity index (χ3n) is 1.95. The van der Waals surface area contributed by atoms with E-state index in [4.69, 9.17) is 5.11 Å². The van der Waals surface area contributed by atoms with Crippen LogP contribution in [-0.2, 0) is 0 Å². The van der Waals surface area contributed by atoms with Gasteiger partial charge in [-0.15, -0.1) is 0 Å². The van der Waals surface area contributed by atoms with Crippen LogP contribution in [-0.4, -0.2) is 16.1 Å². The van der Waals surface area contributed by atoms with Crippen molar-refractivity contribution >= 4 is 5.97 Å². The summed E-state index contributed by atoms with van der Waals surface area (Å²) in [4.78, 5) is 14.3. The molecule has 2 rings (SSSR count). The maximum atomic E-state index is 12.9. The molecule has 0 aliphatic carbocycles. The number of benzene rings is 1. The minimum absolute atomic E-state index is 0.0357. The smallest absolute Gasteiger partial charge is 0.374 e. The van der Waals surface area contributed by atoms with Crippen molar-refractivity contribution in [2.75, 3.05) is 0 Å². The molecule has 1 N–H and O–H groups in total. The molecule has 0 aliphatic rings. The maximum absolute atomic E-state index is 12.9. The van der Waals surface area contributed by atoms with E-state index in [-0.39, 0.29) is 11.3 Å². The molecule has 0 aliphatic heterocycles. The lowest BCUT2D eigenvalue weighted by Crippen LogP contribution is -1.97. The van der Waals surface area contributed by atoms with Crippen LogP contribution in [0.2, 0.25) is 0 Å². The molecule has 0 fully saturated rings. The van der Waals surface area contributed by atoms with E-state index in [1.165, 1.54) is 6.07 Å². The van der Waals surface area contributed by atoms with Crippen molar-refractivity contribution in [3.05, 3.63) is 42.0 Å². The van der Waals surface area contributed by atoms with Gasteiger partial charge in [0.25, 0.3) is 0 Å². The average Bonchev–Trinajstić information content (AvgIpc) is 2.71. The van der Waals surface area contributed by atoms with Gasteiger partial charge in [0, 0.05) is 5.56 Å². The number of rotatable bonds is 2. The van der Waals surface area contributed by atoms with Gasteiger partial charge in [-0.2, -0.15) is 0 Å². The zero-order valence-corrected chi connectivity index (χ0v) is 7.78. The highest BCUT2D eigenvalue weighted by atomic mass is 19.2. The van der Waals surface area contributed by atoms with Gasteiger partial charge < -0.3 is 9.52 Å². The molecule has 0 amide bonds. The minimum Gasteiger partial charge on any atom is -0.475 e. The van der Waals surface area contributed by atoms with E-state index in [0.717, 1.165) is 18.5 Å². The first-order chi connectivity index (χ1) is 7.59. The molecule has 1 aromatic heterocycles. The number of aromatic carboxylic acids is 1.